The van der Waals surface area contributed by atoms with Crippen LogP contribution in [0, 0.1) is 5.41 Å². The maximum absolute atomic E-state index is 12.7. The van der Waals surface area contributed by atoms with E-state index in [0.717, 1.165) is 37.1 Å². The third kappa shape index (κ3) is 3.73. The molecule has 0 unspecified atom stereocenters. The minimum Gasteiger partial charge on any atom is -0.494 e. The lowest BCUT2D eigenvalue weighted by Crippen LogP contribution is -2.53. The average molecular weight is 333 g/mol. The summed E-state index contributed by atoms with van der Waals surface area (Å²) >= 11 is 0. The molecule has 5 heteroatoms. The van der Waals surface area contributed by atoms with Crippen LogP contribution in [0.25, 0.3) is 0 Å². The molecule has 1 aliphatic carbocycles. The Morgan fingerprint density at radius 1 is 1.12 bits per heavy atom. The largest absolute Gasteiger partial charge is 0.494 e. The molecule has 1 aromatic carbocycles. The van der Waals surface area contributed by atoms with Crippen molar-refractivity contribution in [2.24, 2.45) is 5.41 Å². The van der Waals surface area contributed by atoms with E-state index >= 15 is 0 Å². The predicted molar refractivity (Wildman–Crippen MR) is 92.1 cm³/mol. The summed E-state index contributed by atoms with van der Waals surface area (Å²) in [7, 11) is 0. The third-order valence-electron chi connectivity index (χ3n) is 4.89. The summed E-state index contributed by atoms with van der Waals surface area (Å²) in [5.74, 6) is 0.277. The maximum atomic E-state index is 12.7. The van der Waals surface area contributed by atoms with Gasteiger partial charge in [0.2, 0.25) is 5.91 Å². The summed E-state index contributed by atoms with van der Waals surface area (Å²) in [6.45, 7) is 5.26. The van der Waals surface area contributed by atoms with E-state index in [-0.39, 0.29) is 5.91 Å². The number of nitrogens with one attached hydrogen (secondary N) is 1. The van der Waals surface area contributed by atoms with Crippen LogP contribution in [0.15, 0.2) is 24.3 Å². The van der Waals surface area contributed by atoms with Crippen molar-refractivity contribution in [3.63, 3.8) is 0 Å². The van der Waals surface area contributed by atoms with Crippen LogP contribution in [0.4, 0.5) is 5.69 Å². The van der Waals surface area contributed by atoms with E-state index in [1.54, 1.807) is 0 Å². The van der Waals surface area contributed by atoms with Gasteiger partial charge >= 0.3 is 0 Å². The maximum Gasteiger partial charge on any atom is 0.234 e. The van der Waals surface area contributed by atoms with Crippen molar-refractivity contribution in [2.75, 3.05) is 25.1 Å². The Bertz CT molecular complexity index is 553. The fourth-order valence-corrected chi connectivity index (χ4v) is 3.26. The highest BCUT2D eigenvalue weighted by atomic mass is 16.7. The van der Waals surface area contributed by atoms with Crippen molar-refractivity contribution < 1.29 is 19.0 Å². The highest BCUT2D eigenvalue weighted by Crippen LogP contribution is 2.39. The molecule has 1 aliphatic heterocycles. The molecule has 5 nitrogen and oxygen atoms in total. The van der Waals surface area contributed by atoms with Crippen molar-refractivity contribution in [1.82, 2.24) is 0 Å². The van der Waals surface area contributed by atoms with Gasteiger partial charge in [0.1, 0.15) is 5.75 Å². The summed E-state index contributed by atoms with van der Waals surface area (Å²) in [6, 6.07) is 7.40. The number of hydrogen-bond acceptors (Lipinski definition) is 4. The van der Waals surface area contributed by atoms with Gasteiger partial charge < -0.3 is 19.5 Å². The van der Waals surface area contributed by atoms with Gasteiger partial charge in [0.15, 0.2) is 5.79 Å². The normalized spacial score (nSPS) is 22.1. The minimum absolute atomic E-state index is 0.0719. The van der Waals surface area contributed by atoms with Crippen LogP contribution in [-0.4, -0.2) is 31.5 Å². The van der Waals surface area contributed by atoms with Gasteiger partial charge in [-0.2, -0.15) is 0 Å². The minimum atomic E-state index is -0.665. The van der Waals surface area contributed by atoms with E-state index in [4.69, 9.17) is 14.2 Å². The fourth-order valence-electron chi connectivity index (χ4n) is 3.26. The summed E-state index contributed by atoms with van der Waals surface area (Å²) in [5, 5.41) is 2.96. The summed E-state index contributed by atoms with van der Waals surface area (Å²) < 4.78 is 17.5. The van der Waals surface area contributed by atoms with Crippen LogP contribution < -0.4 is 10.1 Å². The molecule has 1 saturated heterocycles. The van der Waals surface area contributed by atoms with Crippen molar-refractivity contribution in [3.8, 4) is 5.75 Å². The van der Waals surface area contributed by atoms with E-state index in [9.17, 15) is 4.79 Å². The molecule has 1 spiro atoms. The summed E-state index contributed by atoms with van der Waals surface area (Å²) in [4.78, 5) is 12.7. The smallest absolute Gasteiger partial charge is 0.234 e. The SMILES string of the molecule is CCOc1ccc(NC(=O)C2(C)COC3(CCCCC3)OC2)cc1. The Morgan fingerprint density at radius 2 is 1.75 bits per heavy atom. The molecule has 0 bridgehead atoms. The number of rotatable bonds is 4. The van der Waals surface area contributed by atoms with Gasteiger partial charge in [0.05, 0.1) is 25.2 Å². The quantitative estimate of drug-likeness (QED) is 0.912. The number of carbonyl (C=O) groups excluding carboxylic acids is 1. The van der Waals surface area contributed by atoms with Gasteiger partial charge in [-0.1, -0.05) is 6.42 Å². The van der Waals surface area contributed by atoms with E-state index in [1.165, 1.54) is 6.42 Å². The van der Waals surface area contributed by atoms with Crippen molar-refractivity contribution in [3.05, 3.63) is 24.3 Å². The highest BCUT2D eigenvalue weighted by Gasteiger charge is 2.46. The lowest BCUT2D eigenvalue weighted by molar-refractivity contribution is -0.306. The number of ether oxygens (including phenoxy) is 3. The zero-order chi connectivity index (χ0) is 17.0. The standard InChI is InChI=1S/C19H27NO4/c1-3-22-16-9-7-15(8-10-16)20-17(21)18(2)13-23-19(24-14-18)11-5-4-6-12-19/h7-10H,3-6,11-14H2,1-2H3,(H,20,21). The topological polar surface area (TPSA) is 56.8 Å². The van der Waals surface area contributed by atoms with Crippen molar-refractivity contribution >= 4 is 11.6 Å². The zero-order valence-corrected chi connectivity index (χ0v) is 14.6. The third-order valence-corrected chi connectivity index (χ3v) is 4.89. The molecule has 1 saturated carbocycles. The molecule has 2 fully saturated rings. The monoisotopic (exact) mass is 333 g/mol. The number of hydrogen-bond donors (Lipinski definition) is 1. The molecule has 2 aliphatic rings. The van der Waals surface area contributed by atoms with Crippen LogP contribution in [0.3, 0.4) is 0 Å². The number of benzene rings is 1. The highest BCUT2D eigenvalue weighted by molar-refractivity contribution is 5.95. The first kappa shape index (κ1) is 17.2. The van der Waals surface area contributed by atoms with Gasteiger partial charge in [-0.15, -0.1) is 0 Å². The molecule has 24 heavy (non-hydrogen) atoms. The number of carbonyl (C=O) groups is 1. The van der Waals surface area contributed by atoms with Crippen molar-refractivity contribution in [2.45, 2.75) is 51.7 Å². The second kappa shape index (κ2) is 7.11. The van der Waals surface area contributed by atoms with Gasteiger partial charge in [0.25, 0.3) is 0 Å². The first-order valence-corrected chi connectivity index (χ1v) is 8.88. The van der Waals surface area contributed by atoms with Gasteiger partial charge in [0, 0.05) is 18.5 Å². The Labute approximate surface area is 143 Å². The number of amides is 1. The van der Waals surface area contributed by atoms with Crippen LogP contribution in [-0.2, 0) is 14.3 Å². The predicted octanol–water partition coefficient (Wildman–Crippen LogP) is 3.74. The second-order valence-electron chi connectivity index (χ2n) is 7.02. The Kier molecular flexibility index (Phi) is 5.11. The molecule has 1 amide bonds. The molecular formula is C19H27NO4. The zero-order valence-electron chi connectivity index (χ0n) is 14.6. The van der Waals surface area contributed by atoms with Gasteiger partial charge in [-0.25, -0.2) is 0 Å². The molecule has 0 aromatic heterocycles. The second-order valence-corrected chi connectivity index (χ2v) is 7.02. The molecule has 1 aromatic rings. The first-order valence-electron chi connectivity index (χ1n) is 8.88. The molecule has 1 heterocycles. The Balaban J connectivity index is 1.58. The lowest BCUT2D eigenvalue weighted by Gasteiger charge is -2.45. The van der Waals surface area contributed by atoms with E-state index < -0.39 is 11.2 Å². The summed E-state index contributed by atoms with van der Waals surface area (Å²) in [6.07, 6.45) is 5.38. The molecule has 0 radical (unpaired) electrons. The summed E-state index contributed by atoms with van der Waals surface area (Å²) in [5.41, 5.74) is 0.0870. The van der Waals surface area contributed by atoms with Crippen LogP contribution in [0.2, 0.25) is 0 Å². The van der Waals surface area contributed by atoms with Gasteiger partial charge in [-0.05, 0) is 51.0 Å². The van der Waals surface area contributed by atoms with Crippen LogP contribution in [0.5, 0.6) is 5.75 Å². The molecular weight excluding hydrogens is 306 g/mol. The molecule has 3 rings (SSSR count). The van der Waals surface area contributed by atoms with Crippen molar-refractivity contribution in [1.29, 1.82) is 0 Å². The molecule has 132 valence electrons. The molecule has 1 N–H and O–H groups in total. The fraction of sp³-hybridized carbons (Fsp3) is 0.632. The first-order chi connectivity index (χ1) is 11.6. The molecule has 0 atom stereocenters. The van der Waals surface area contributed by atoms with Crippen LogP contribution in [0.1, 0.15) is 46.0 Å². The average Bonchev–Trinajstić information content (AvgIpc) is 2.61. The van der Waals surface area contributed by atoms with Gasteiger partial charge in [-0.3, -0.25) is 4.79 Å². The Morgan fingerprint density at radius 3 is 2.33 bits per heavy atom. The Hall–Kier alpha value is -1.59. The van der Waals surface area contributed by atoms with Crippen LogP contribution >= 0.6 is 0 Å². The number of anilines is 1. The lowest BCUT2D eigenvalue weighted by atomic mass is 9.87. The van der Waals surface area contributed by atoms with E-state index in [0.29, 0.717) is 19.8 Å². The van der Waals surface area contributed by atoms with E-state index in [1.807, 2.05) is 38.1 Å². The van der Waals surface area contributed by atoms with E-state index in [2.05, 4.69) is 5.32 Å².